The Morgan fingerprint density at radius 3 is 1.80 bits per heavy atom. The van der Waals surface area contributed by atoms with Crippen molar-refractivity contribution in [2.45, 2.75) is 117 Å². The molecule has 0 aromatic heterocycles. The zero-order chi connectivity index (χ0) is 43.8. The number of hydrogen-bond donors (Lipinski definition) is 11. The summed E-state index contributed by atoms with van der Waals surface area (Å²) < 4.78 is 5.33. The van der Waals surface area contributed by atoms with Crippen molar-refractivity contribution in [3.05, 3.63) is 29.8 Å². The van der Waals surface area contributed by atoms with Gasteiger partial charge in [-0.15, -0.1) is 0 Å². The molecule has 0 saturated heterocycles. The molecule has 1 aromatic carbocycles. The van der Waals surface area contributed by atoms with E-state index in [1.165, 1.54) is 6.92 Å². The number of alkyl carbamates (subject to hydrolysis) is 1. The molecule has 0 saturated carbocycles. The minimum atomic E-state index is -1.04. The van der Waals surface area contributed by atoms with Crippen LogP contribution in [-0.2, 0) is 35.3 Å². The summed E-state index contributed by atoms with van der Waals surface area (Å²) in [6.45, 7) is 11.9. The van der Waals surface area contributed by atoms with Crippen LogP contribution in [0.2, 0.25) is 0 Å². The summed E-state index contributed by atoms with van der Waals surface area (Å²) >= 11 is 0. The molecule has 59 heavy (non-hydrogen) atoms. The van der Waals surface area contributed by atoms with E-state index >= 15 is 0 Å². The van der Waals surface area contributed by atoms with E-state index in [-0.39, 0.29) is 37.3 Å². The molecule has 8 amide bonds. The molecule has 13 N–H and O–H groups in total. The molecule has 19 nitrogen and oxygen atoms in total. The molecule has 0 aliphatic carbocycles. The summed E-state index contributed by atoms with van der Waals surface area (Å²) in [5.74, 6) is -2.32. The number of anilines is 1. The number of ether oxygens (including phenoxy) is 1. The number of nitrogens with one attached hydrogen (secondary N) is 9. The van der Waals surface area contributed by atoms with E-state index in [4.69, 9.17) is 16.2 Å². The lowest BCUT2D eigenvalue weighted by molar-refractivity contribution is -0.133. The fourth-order valence-corrected chi connectivity index (χ4v) is 5.68. The van der Waals surface area contributed by atoms with Crippen LogP contribution in [0.5, 0.6) is 0 Å². The van der Waals surface area contributed by atoms with E-state index in [9.17, 15) is 33.6 Å². The number of rotatable bonds is 32. The van der Waals surface area contributed by atoms with Crippen LogP contribution in [0.1, 0.15) is 97.5 Å². The van der Waals surface area contributed by atoms with Crippen molar-refractivity contribution < 1.29 is 38.3 Å². The van der Waals surface area contributed by atoms with Gasteiger partial charge in [0.05, 0.1) is 0 Å². The maximum atomic E-state index is 13.6. The second kappa shape index (κ2) is 31.9. The van der Waals surface area contributed by atoms with Crippen LogP contribution >= 0.6 is 0 Å². The first-order valence-corrected chi connectivity index (χ1v) is 20.9. The molecule has 0 aliphatic rings. The Hall–Kier alpha value is -5.01. The summed E-state index contributed by atoms with van der Waals surface area (Å²) in [4.78, 5) is 86.6. The minimum Gasteiger partial charge on any atom is -0.445 e. The van der Waals surface area contributed by atoms with Crippen molar-refractivity contribution in [2.24, 2.45) is 17.4 Å². The van der Waals surface area contributed by atoms with Gasteiger partial charge in [0, 0.05) is 38.7 Å². The molecule has 19 heteroatoms. The summed E-state index contributed by atoms with van der Waals surface area (Å²) in [5, 5.41) is 25.7. The van der Waals surface area contributed by atoms with Gasteiger partial charge in [0.2, 0.25) is 29.5 Å². The van der Waals surface area contributed by atoms with Crippen LogP contribution in [0.15, 0.2) is 24.3 Å². The molecule has 3 atom stereocenters. The van der Waals surface area contributed by atoms with Gasteiger partial charge in [-0.3, -0.25) is 24.0 Å². The van der Waals surface area contributed by atoms with E-state index in [1.54, 1.807) is 38.1 Å². The molecular weight excluding hydrogens is 763 g/mol. The number of primary amides is 1. The third-order valence-corrected chi connectivity index (χ3v) is 9.01. The van der Waals surface area contributed by atoms with Gasteiger partial charge in [0.25, 0.3) is 0 Å². The Labute approximate surface area is 349 Å². The quantitative estimate of drug-likeness (QED) is 0.0452. The number of amides is 8. The monoisotopic (exact) mass is 834 g/mol. The highest BCUT2D eigenvalue weighted by Crippen LogP contribution is 2.13. The lowest BCUT2D eigenvalue weighted by atomic mass is 10.0. The second-order valence-electron chi connectivity index (χ2n) is 14.6. The van der Waals surface area contributed by atoms with Crippen LogP contribution in [0.25, 0.3) is 0 Å². The molecule has 0 fully saturated rings. The SMILES string of the molecule is CCC(=O)NCCCNCCCCNCCCNC(=O)OCc1ccc(NC(=O)[C@H](CCCNC(N)=O)NC(=O)[C@@H](NC(=O)[C@H](CCCCN)NC(C)=O)C(C)C)cc1. The first kappa shape index (κ1) is 52.0. The van der Waals surface area contributed by atoms with Crippen LogP contribution in [0, 0.1) is 5.92 Å². The summed E-state index contributed by atoms with van der Waals surface area (Å²) in [6.07, 6.45) is 5.76. The molecule has 0 aliphatic heterocycles. The second-order valence-corrected chi connectivity index (χ2v) is 14.6. The van der Waals surface area contributed by atoms with E-state index in [1.807, 2.05) is 6.92 Å². The highest BCUT2D eigenvalue weighted by Gasteiger charge is 2.31. The van der Waals surface area contributed by atoms with Crippen molar-refractivity contribution in [2.75, 3.05) is 57.7 Å². The Morgan fingerprint density at radius 2 is 1.22 bits per heavy atom. The van der Waals surface area contributed by atoms with Gasteiger partial charge in [-0.05, 0) is 114 Å². The Kier molecular flexibility index (Phi) is 28.1. The molecule has 334 valence electrons. The van der Waals surface area contributed by atoms with Gasteiger partial charge in [0.1, 0.15) is 24.7 Å². The van der Waals surface area contributed by atoms with Crippen LogP contribution in [-0.4, -0.2) is 112 Å². The number of carbonyl (C=O) groups is 7. The molecule has 0 unspecified atom stereocenters. The Bertz CT molecular complexity index is 1410. The molecular formula is C40H71N11O8. The number of carbonyl (C=O) groups excluding carboxylic acids is 7. The van der Waals surface area contributed by atoms with Gasteiger partial charge < -0.3 is 64.1 Å². The van der Waals surface area contributed by atoms with Crippen LogP contribution in [0.4, 0.5) is 15.3 Å². The van der Waals surface area contributed by atoms with Gasteiger partial charge in [-0.1, -0.05) is 32.9 Å². The van der Waals surface area contributed by atoms with Crippen molar-refractivity contribution in [1.82, 2.24) is 42.5 Å². The number of hydrogen-bond acceptors (Lipinski definition) is 11. The normalized spacial score (nSPS) is 12.4. The molecule has 0 bridgehead atoms. The standard InChI is InChI=1S/C40H71N11O8/c1-5-34(53)45-25-11-22-43-20-8-9-21-44-23-12-26-47-40(58)59-27-30-15-17-31(18-16-30)49-36(54)33(14-10-24-46-39(42)57)50-38(56)35(28(2)3)51-37(55)32(48-29(4)52)13-6-7-19-41/h15-18,28,32-33,35,43-44H,5-14,19-27,41H2,1-4H3,(H,45,53)(H,47,58)(H,48,52)(H,49,54)(H,50,56)(H,51,55)(H3,42,46,57)/t32-,33-,35-/m0/s1. The van der Waals surface area contributed by atoms with E-state index in [0.29, 0.717) is 63.0 Å². The van der Waals surface area contributed by atoms with Gasteiger partial charge in [-0.25, -0.2) is 9.59 Å². The molecule has 1 rings (SSSR count). The minimum absolute atomic E-state index is 0.0173. The number of unbranched alkanes of at least 4 members (excludes halogenated alkanes) is 2. The number of benzene rings is 1. The maximum absolute atomic E-state index is 13.6. The number of urea groups is 1. The zero-order valence-electron chi connectivity index (χ0n) is 35.5. The topological polar surface area (TPSA) is 289 Å². The first-order chi connectivity index (χ1) is 28.3. The predicted molar refractivity (Wildman–Crippen MR) is 227 cm³/mol. The Morgan fingerprint density at radius 1 is 0.644 bits per heavy atom. The molecule has 0 radical (unpaired) electrons. The molecule has 0 heterocycles. The van der Waals surface area contributed by atoms with Crippen molar-refractivity contribution in [3.63, 3.8) is 0 Å². The van der Waals surface area contributed by atoms with Gasteiger partial charge in [-0.2, -0.15) is 0 Å². The maximum Gasteiger partial charge on any atom is 0.407 e. The fourth-order valence-electron chi connectivity index (χ4n) is 5.68. The predicted octanol–water partition coefficient (Wildman–Crippen LogP) is 0.825. The van der Waals surface area contributed by atoms with E-state index < -0.39 is 48.0 Å². The van der Waals surface area contributed by atoms with Crippen LogP contribution in [0.3, 0.4) is 0 Å². The Balaban J connectivity index is 2.58. The summed E-state index contributed by atoms with van der Waals surface area (Å²) in [6, 6.07) is 3.04. The number of nitrogens with two attached hydrogens (primary N) is 2. The lowest BCUT2D eigenvalue weighted by Crippen LogP contribution is -2.57. The average molecular weight is 834 g/mol. The largest absolute Gasteiger partial charge is 0.445 e. The van der Waals surface area contributed by atoms with Gasteiger partial charge >= 0.3 is 12.1 Å². The highest BCUT2D eigenvalue weighted by molar-refractivity contribution is 5.99. The third-order valence-electron chi connectivity index (χ3n) is 9.01. The first-order valence-electron chi connectivity index (χ1n) is 20.9. The summed E-state index contributed by atoms with van der Waals surface area (Å²) in [7, 11) is 0. The highest BCUT2D eigenvalue weighted by atomic mass is 16.5. The van der Waals surface area contributed by atoms with Gasteiger partial charge in [0.15, 0.2) is 0 Å². The van der Waals surface area contributed by atoms with E-state index in [2.05, 4.69) is 47.9 Å². The fraction of sp³-hybridized carbons (Fsp3) is 0.675. The molecule has 1 aromatic rings. The third kappa shape index (κ3) is 25.9. The summed E-state index contributed by atoms with van der Waals surface area (Å²) in [5.41, 5.74) is 11.9. The van der Waals surface area contributed by atoms with Crippen molar-refractivity contribution >= 4 is 47.3 Å². The van der Waals surface area contributed by atoms with Crippen molar-refractivity contribution in [1.29, 1.82) is 0 Å². The smallest absolute Gasteiger partial charge is 0.407 e. The van der Waals surface area contributed by atoms with Crippen molar-refractivity contribution in [3.8, 4) is 0 Å². The lowest BCUT2D eigenvalue weighted by Gasteiger charge is -2.27. The zero-order valence-corrected chi connectivity index (χ0v) is 35.5. The average Bonchev–Trinajstić information content (AvgIpc) is 3.19. The van der Waals surface area contributed by atoms with E-state index in [0.717, 1.165) is 51.9 Å². The molecule has 0 spiro atoms. The van der Waals surface area contributed by atoms with Crippen LogP contribution < -0.4 is 59.3 Å².